The second kappa shape index (κ2) is 11.6. The molecule has 0 radical (unpaired) electrons. The molecule has 0 aromatic carbocycles. The average molecular weight is 584 g/mol. The van der Waals surface area contributed by atoms with Gasteiger partial charge in [0.05, 0.1) is 11.7 Å². The number of nitrogens with one attached hydrogen (secondary N) is 1. The second-order valence-corrected chi connectivity index (χ2v) is 9.75. The van der Waals surface area contributed by atoms with Crippen molar-refractivity contribution in [1.82, 2.24) is 24.5 Å². The van der Waals surface area contributed by atoms with Gasteiger partial charge in [-0.15, -0.1) is 11.8 Å². The van der Waals surface area contributed by atoms with Crippen molar-refractivity contribution in [3.8, 4) is 0 Å². The molecule has 3 aliphatic heterocycles. The molecule has 0 bridgehead atoms. The minimum atomic E-state index is -4.58. The molecule has 1 aromatic rings. The van der Waals surface area contributed by atoms with Gasteiger partial charge in [-0.2, -0.15) is 22.5 Å². The van der Waals surface area contributed by atoms with Crippen LogP contribution in [0.25, 0.3) is 0 Å². The third-order valence-corrected chi connectivity index (χ3v) is 7.31. The number of nitrogens with two attached hydrogens (primary N) is 1. The molecule has 13 nitrogen and oxygen atoms in total. The summed E-state index contributed by atoms with van der Waals surface area (Å²) < 4.78 is 41.9. The van der Waals surface area contributed by atoms with E-state index < -0.39 is 53.5 Å². The molecule has 19 heteroatoms. The Labute approximate surface area is 242 Å². The van der Waals surface area contributed by atoms with E-state index >= 15 is 0 Å². The summed E-state index contributed by atoms with van der Waals surface area (Å²) >= 11 is 1.90. The Bertz CT molecular complexity index is 1270. The minimum Gasteiger partial charge on any atom is -0.543 e. The number of likely N-dealkylation sites (tertiary alicyclic amines) is 1. The summed E-state index contributed by atoms with van der Waals surface area (Å²) in [5.74, 6) is -4.37. The van der Waals surface area contributed by atoms with Crippen LogP contribution in [0.15, 0.2) is 28.1 Å². The Morgan fingerprint density at radius 2 is 2.08 bits per heavy atom. The number of oxime groups is 1. The van der Waals surface area contributed by atoms with E-state index in [1.165, 1.54) is 13.2 Å². The van der Waals surface area contributed by atoms with Crippen molar-refractivity contribution in [2.45, 2.75) is 24.0 Å². The normalized spacial score (nSPS) is 22.7. The largest absolute Gasteiger partial charge is 1.00 e. The van der Waals surface area contributed by atoms with Gasteiger partial charge in [0, 0.05) is 29.4 Å². The van der Waals surface area contributed by atoms with Gasteiger partial charge >= 0.3 is 35.7 Å². The number of carbonyl (C=O) groups excluding carboxylic acids is 4. The van der Waals surface area contributed by atoms with E-state index in [1.54, 1.807) is 0 Å². The quantitative estimate of drug-likeness (QED) is 0.105. The molecular formula is C19H17F3N7NaO6S2. The fraction of sp³-hybridized carbons (Fsp3) is 0.421. The van der Waals surface area contributed by atoms with Gasteiger partial charge in [-0.1, -0.05) is 5.16 Å². The molecule has 0 saturated carbocycles. The Morgan fingerprint density at radius 1 is 1.37 bits per heavy atom. The summed E-state index contributed by atoms with van der Waals surface area (Å²) in [7, 11) is 1.18. The number of thioether (sulfide) groups is 1. The number of alkyl halides is 3. The van der Waals surface area contributed by atoms with E-state index in [0.717, 1.165) is 28.2 Å². The van der Waals surface area contributed by atoms with Gasteiger partial charge < -0.3 is 30.7 Å². The number of fused-ring (bicyclic) bond motifs is 1. The zero-order chi connectivity index (χ0) is 27.1. The molecule has 0 unspecified atom stereocenters. The number of halogens is 3. The fourth-order valence-corrected chi connectivity index (χ4v) is 5.68. The van der Waals surface area contributed by atoms with Crippen molar-refractivity contribution < 1.29 is 71.9 Å². The molecule has 3 aliphatic rings. The first-order chi connectivity index (χ1) is 17.4. The van der Waals surface area contributed by atoms with Gasteiger partial charge in [0.25, 0.3) is 11.8 Å². The third-order valence-electron chi connectivity index (χ3n) is 5.46. The standard InChI is InChI=1S/C19H18F3N7O6S2.Na/c1-35-26-9(12-25-18(23)37-27-12)13(30)24-10-15(32)29-11(17(33)34)8(5-36-16(10)29)4-7-2-3-28(14(7)31)6-19(20,21)22;/h4,10,16H,2-3,5-6H2,1H3,(H,24,30)(H,33,34)(H2,23,25,27);/q;+1/p-1/b7-4+,26-9-;/t10-,16-;/m1./s1. The molecule has 0 spiro atoms. The summed E-state index contributed by atoms with van der Waals surface area (Å²) in [4.78, 5) is 59.9. The number of carboxylic acid groups (broad SMARTS) is 1. The summed E-state index contributed by atoms with van der Waals surface area (Å²) in [5.41, 5.74) is 4.69. The maximum Gasteiger partial charge on any atom is 1.00 e. The average Bonchev–Trinajstić information content (AvgIpc) is 3.39. The Hall–Kier alpha value is -2.67. The smallest absolute Gasteiger partial charge is 0.543 e. The van der Waals surface area contributed by atoms with E-state index in [-0.39, 0.29) is 76.1 Å². The first-order valence-electron chi connectivity index (χ1n) is 10.4. The zero-order valence-corrected chi connectivity index (χ0v) is 23.4. The van der Waals surface area contributed by atoms with Crippen LogP contribution in [0.3, 0.4) is 0 Å². The van der Waals surface area contributed by atoms with Crippen LogP contribution < -0.4 is 45.7 Å². The Balaban J connectivity index is 0.00000400. The Morgan fingerprint density at radius 3 is 2.66 bits per heavy atom. The SMILES string of the molecule is CO/N=C(\C(=O)N[C@@H]1C(=O)N2C(C(=O)[O-])=C(/C=C3\CCN(CC(F)(F)F)C3=O)CS[C@H]12)c1nsc(N)n1.[Na+]. The van der Waals surface area contributed by atoms with Crippen molar-refractivity contribution in [2.75, 3.05) is 31.7 Å². The third kappa shape index (κ3) is 5.98. The predicted octanol–water partition coefficient (Wildman–Crippen LogP) is -4.40. The first kappa shape index (κ1) is 29.9. The number of carbonyl (C=O) groups is 4. The molecule has 3 N–H and O–H groups in total. The van der Waals surface area contributed by atoms with Crippen LogP contribution in [0, 0.1) is 0 Å². The number of hydrogen-bond donors (Lipinski definition) is 2. The number of hydrogen-bond acceptors (Lipinski definition) is 12. The molecule has 4 heterocycles. The van der Waals surface area contributed by atoms with Crippen LogP contribution >= 0.6 is 23.3 Å². The van der Waals surface area contributed by atoms with Gasteiger partial charge in [0.15, 0.2) is 5.13 Å². The summed E-state index contributed by atoms with van der Waals surface area (Å²) in [6.45, 7) is -1.59. The molecule has 2 fully saturated rings. The van der Waals surface area contributed by atoms with Crippen LogP contribution in [-0.4, -0.2) is 92.1 Å². The number of carboxylic acids is 1. The topological polar surface area (TPSA) is 183 Å². The van der Waals surface area contributed by atoms with E-state index in [9.17, 15) is 37.5 Å². The second-order valence-electron chi connectivity index (χ2n) is 7.86. The first-order valence-corrected chi connectivity index (χ1v) is 12.2. The Kier molecular flexibility index (Phi) is 9.12. The number of nitrogen functional groups attached to an aromatic ring is 1. The van der Waals surface area contributed by atoms with E-state index in [0.29, 0.717) is 4.90 Å². The van der Waals surface area contributed by atoms with Gasteiger partial charge in [0.2, 0.25) is 17.4 Å². The van der Waals surface area contributed by atoms with Crippen LogP contribution in [0.1, 0.15) is 12.2 Å². The van der Waals surface area contributed by atoms with Crippen molar-refractivity contribution in [2.24, 2.45) is 5.16 Å². The molecule has 0 aliphatic carbocycles. The minimum absolute atomic E-state index is 0. The molecule has 38 heavy (non-hydrogen) atoms. The van der Waals surface area contributed by atoms with Gasteiger partial charge in [-0.25, -0.2) is 0 Å². The maximum absolute atomic E-state index is 12.9. The zero-order valence-electron chi connectivity index (χ0n) is 19.8. The number of rotatable bonds is 7. The van der Waals surface area contributed by atoms with Gasteiger partial charge in [-0.3, -0.25) is 19.3 Å². The van der Waals surface area contributed by atoms with Crippen LogP contribution in [0.4, 0.5) is 18.3 Å². The predicted molar refractivity (Wildman–Crippen MR) is 120 cm³/mol. The fourth-order valence-electron chi connectivity index (χ4n) is 3.94. The number of amides is 3. The van der Waals surface area contributed by atoms with Crippen molar-refractivity contribution in [3.05, 3.63) is 28.7 Å². The van der Waals surface area contributed by atoms with Crippen molar-refractivity contribution in [3.63, 3.8) is 0 Å². The van der Waals surface area contributed by atoms with Crippen molar-refractivity contribution in [1.29, 1.82) is 0 Å². The van der Waals surface area contributed by atoms with E-state index in [4.69, 9.17) is 5.73 Å². The van der Waals surface area contributed by atoms with Crippen LogP contribution in [0.2, 0.25) is 0 Å². The number of allylic oxidation sites excluding steroid dienone is 1. The number of β-lactam (4-membered cyclic amide) rings is 1. The number of nitrogens with zero attached hydrogens (tertiary/aromatic N) is 5. The summed E-state index contributed by atoms with van der Waals surface area (Å²) in [5, 5.41) is 17.2. The van der Waals surface area contributed by atoms with Crippen LogP contribution in [0.5, 0.6) is 0 Å². The van der Waals surface area contributed by atoms with E-state index in [2.05, 4.69) is 24.7 Å². The monoisotopic (exact) mass is 583 g/mol. The van der Waals surface area contributed by atoms with Crippen molar-refractivity contribution >= 4 is 57.8 Å². The summed E-state index contributed by atoms with van der Waals surface area (Å²) in [6, 6.07) is -1.14. The number of aromatic nitrogens is 2. The van der Waals surface area contributed by atoms with Gasteiger partial charge in [0.1, 0.15) is 25.1 Å². The molecule has 1 aromatic heterocycles. The van der Waals surface area contributed by atoms with E-state index in [1.807, 2.05) is 0 Å². The molecular weight excluding hydrogens is 566 g/mol. The molecule has 3 amide bonds. The molecule has 4 rings (SSSR count). The van der Waals surface area contributed by atoms with Crippen LogP contribution in [-0.2, 0) is 24.0 Å². The molecule has 198 valence electrons. The maximum atomic E-state index is 12.9. The molecule has 2 saturated heterocycles. The number of anilines is 1. The molecule has 2 atom stereocenters. The van der Waals surface area contributed by atoms with Gasteiger partial charge in [-0.05, 0) is 18.1 Å². The number of aliphatic carboxylic acids is 1. The summed E-state index contributed by atoms with van der Waals surface area (Å²) in [6.07, 6.45) is -3.40.